The van der Waals surface area contributed by atoms with Crippen LogP contribution in [0.15, 0.2) is 140 Å². The first-order valence-corrected chi connectivity index (χ1v) is 23.5. The molecule has 0 amide bonds. The van der Waals surface area contributed by atoms with Crippen molar-refractivity contribution in [3.8, 4) is 67.5 Å². The Bertz CT molecular complexity index is 3140. The van der Waals surface area contributed by atoms with Gasteiger partial charge in [-0.1, -0.05) is 172 Å². The highest BCUT2D eigenvalue weighted by atomic mass is 16.3. The summed E-state index contributed by atoms with van der Waals surface area (Å²) in [5, 5.41) is 12.6. The van der Waals surface area contributed by atoms with Crippen molar-refractivity contribution in [3.63, 3.8) is 0 Å². The van der Waals surface area contributed by atoms with Gasteiger partial charge in [0.05, 0.1) is 28.0 Å². The maximum Gasteiger partial charge on any atom is 0.149 e. The molecule has 1 aliphatic rings. The number of aromatic hydroxyl groups is 1. The predicted molar refractivity (Wildman–Crippen MR) is 274 cm³/mol. The maximum absolute atomic E-state index is 12.6. The van der Waals surface area contributed by atoms with Crippen LogP contribution < -0.4 is 0 Å². The zero-order chi connectivity index (χ0) is 48.3. The number of fused-ring (bicyclic) bond motifs is 1. The van der Waals surface area contributed by atoms with Gasteiger partial charge < -0.3 is 5.11 Å². The van der Waals surface area contributed by atoms with E-state index in [1.807, 2.05) is 24.4 Å². The van der Waals surface area contributed by atoms with Crippen LogP contribution in [-0.2, 0) is 16.2 Å². The lowest BCUT2D eigenvalue weighted by Gasteiger charge is -2.28. The predicted octanol–water partition coefficient (Wildman–Crippen LogP) is 16.7. The number of nitrogens with zero attached hydrogens (tertiary/aromatic N) is 3. The number of aryl methyl sites for hydroxylation is 1. The second kappa shape index (κ2) is 16.9. The molecule has 0 atom stereocenters. The average molecular weight is 859 g/mol. The van der Waals surface area contributed by atoms with E-state index in [2.05, 4.69) is 170 Å². The smallest absolute Gasteiger partial charge is 0.149 e. The molecule has 1 saturated carbocycles. The molecule has 2 heterocycles. The number of benzene rings is 6. The Morgan fingerprint density at radius 3 is 1.97 bits per heavy atom. The lowest BCUT2D eigenvalue weighted by Crippen LogP contribution is -2.17. The Balaban J connectivity index is 1.32. The fourth-order valence-corrected chi connectivity index (χ4v) is 9.67. The normalized spacial score (nSPS) is 14.9. The number of rotatable bonds is 7. The molecule has 330 valence electrons. The second-order valence-electron chi connectivity index (χ2n) is 21.4. The van der Waals surface area contributed by atoms with Gasteiger partial charge >= 0.3 is 0 Å². The zero-order valence-corrected chi connectivity index (χ0v) is 39.7. The van der Waals surface area contributed by atoms with Crippen molar-refractivity contribution < 1.29 is 9.22 Å². The van der Waals surface area contributed by atoms with Gasteiger partial charge in [-0.15, -0.1) is 0 Å². The minimum atomic E-state index is -2.16. The van der Waals surface area contributed by atoms with E-state index in [1.54, 1.807) is 12.1 Å². The molecule has 0 radical (unpaired) electrons. The van der Waals surface area contributed by atoms with Crippen LogP contribution in [0.25, 0.3) is 72.7 Å². The molecule has 6 aromatic carbocycles. The first-order chi connectivity index (χ1) is 32.1. The fourth-order valence-electron chi connectivity index (χ4n) is 9.67. The van der Waals surface area contributed by atoms with E-state index in [0.717, 1.165) is 85.3 Å². The summed E-state index contributed by atoms with van der Waals surface area (Å²) < 4.78 is 26.0. The molecule has 65 heavy (non-hydrogen) atoms. The van der Waals surface area contributed by atoms with Crippen molar-refractivity contribution in [1.29, 1.82) is 0 Å². The van der Waals surface area contributed by atoms with Crippen LogP contribution in [0.2, 0.25) is 0 Å². The van der Waals surface area contributed by atoms with Crippen molar-refractivity contribution in [2.24, 2.45) is 0 Å². The molecule has 0 saturated heterocycles. The third-order valence-electron chi connectivity index (χ3n) is 13.5. The molecule has 2 aromatic heterocycles. The number of phenolic OH excluding ortho intramolecular Hbond substituents is 1. The monoisotopic (exact) mass is 859 g/mol. The molecule has 1 aliphatic carbocycles. The first-order valence-electron chi connectivity index (χ1n) is 25.0. The Morgan fingerprint density at radius 1 is 0.569 bits per heavy atom. The van der Waals surface area contributed by atoms with Crippen LogP contribution in [0.4, 0.5) is 0 Å². The Morgan fingerprint density at radius 2 is 1.28 bits per heavy atom. The number of aromatic nitrogens is 3. The molecule has 8 aromatic rings. The van der Waals surface area contributed by atoms with E-state index in [1.165, 1.54) is 30.4 Å². The van der Waals surface area contributed by atoms with Crippen LogP contribution >= 0.6 is 0 Å². The van der Waals surface area contributed by atoms with Gasteiger partial charge in [0.2, 0.25) is 0 Å². The lowest BCUT2D eigenvalue weighted by atomic mass is 9.79. The van der Waals surface area contributed by atoms with Crippen molar-refractivity contribution >= 4 is 11.0 Å². The molecule has 9 rings (SSSR count). The van der Waals surface area contributed by atoms with Gasteiger partial charge in [-0.05, 0) is 129 Å². The Labute approximate surface area is 391 Å². The fraction of sp³-hybridized carbons (Fsp3) is 0.311. The van der Waals surface area contributed by atoms with E-state index in [-0.39, 0.29) is 22.0 Å². The van der Waals surface area contributed by atoms with Gasteiger partial charge in [0.1, 0.15) is 11.6 Å². The molecular formula is C61H65N3O. The van der Waals surface area contributed by atoms with Crippen LogP contribution in [0.1, 0.15) is 132 Å². The summed E-state index contributed by atoms with van der Waals surface area (Å²) in [4.78, 5) is 10.7. The molecule has 0 spiro atoms. The van der Waals surface area contributed by atoms with Crippen molar-refractivity contribution in [2.75, 3.05) is 0 Å². The number of para-hydroxylation sites is 1. The average Bonchev–Trinajstić information content (AvgIpc) is 3.70. The van der Waals surface area contributed by atoms with Gasteiger partial charge in [0, 0.05) is 32.6 Å². The molecule has 0 aliphatic heterocycles. The lowest BCUT2D eigenvalue weighted by molar-refractivity contribution is 0.444. The molecular weight excluding hydrogens is 791 g/mol. The summed E-state index contributed by atoms with van der Waals surface area (Å²) in [6.45, 7) is 17.8. The molecule has 0 unspecified atom stereocenters. The van der Waals surface area contributed by atoms with E-state index >= 15 is 0 Å². The number of hydrogen-bond donors (Lipinski definition) is 1. The van der Waals surface area contributed by atoms with Crippen LogP contribution in [0.5, 0.6) is 5.75 Å². The molecule has 1 N–H and O–H groups in total. The van der Waals surface area contributed by atoms with Gasteiger partial charge in [0.15, 0.2) is 0 Å². The standard InChI is InChI=1S/C61H65N3O/c1-39-24-26-41(27-25-39)43-30-31-62-53(35-43)46-33-44(40-18-13-11-14-19-40)32-45(34-46)49-22-17-23-55-56(49)63-58(51-37-48(60(5,6)7)38-52(57(51)65)61(8,9)10)64(55)54-29-28-47(59(2,3)4)36-50(54)42-20-15-12-16-21-42/h12,15-17,20-38,40,65H,11,13-14,18-19H2,1-10H3/i1D3. The summed E-state index contributed by atoms with van der Waals surface area (Å²) in [5.41, 5.74) is 15.8. The molecule has 0 bridgehead atoms. The minimum Gasteiger partial charge on any atom is -0.507 e. The highest BCUT2D eigenvalue weighted by molar-refractivity contribution is 5.98. The largest absolute Gasteiger partial charge is 0.507 e. The van der Waals surface area contributed by atoms with Gasteiger partial charge in [-0.25, -0.2) is 4.98 Å². The van der Waals surface area contributed by atoms with Gasteiger partial charge in [-0.2, -0.15) is 0 Å². The van der Waals surface area contributed by atoms with Crippen LogP contribution in [-0.4, -0.2) is 19.6 Å². The third-order valence-corrected chi connectivity index (χ3v) is 13.5. The Kier molecular flexibility index (Phi) is 10.5. The SMILES string of the molecule is [2H]C([2H])([2H])c1ccc(-c2ccnc(-c3cc(-c4cccc5c4nc(-c4cc(C(C)(C)C)cc(C(C)(C)C)c4O)n5-c4ccc(C(C)(C)C)cc4-c4ccccc4)cc(C4CCCCC4)c3)c2)cc1. The number of pyridine rings is 1. The molecule has 4 nitrogen and oxygen atoms in total. The summed E-state index contributed by atoms with van der Waals surface area (Å²) in [6.07, 6.45) is 7.80. The second-order valence-corrected chi connectivity index (χ2v) is 21.4. The van der Waals surface area contributed by atoms with Crippen molar-refractivity contribution in [1.82, 2.24) is 14.5 Å². The summed E-state index contributed by atoms with van der Waals surface area (Å²) in [7, 11) is 0. The number of hydrogen-bond acceptors (Lipinski definition) is 3. The van der Waals surface area contributed by atoms with E-state index in [4.69, 9.17) is 14.1 Å². The van der Waals surface area contributed by atoms with Gasteiger partial charge in [-0.3, -0.25) is 9.55 Å². The van der Waals surface area contributed by atoms with E-state index < -0.39 is 6.85 Å². The van der Waals surface area contributed by atoms with Crippen molar-refractivity contribution in [3.05, 3.63) is 167 Å². The summed E-state index contributed by atoms with van der Waals surface area (Å²) in [6, 6.07) is 46.5. The molecule has 1 fully saturated rings. The quantitative estimate of drug-likeness (QED) is 0.174. The summed E-state index contributed by atoms with van der Waals surface area (Å²) in [5.74, 6) is 1.36. The number of phenols is 1. The van der Waals surface area contributed by atoms with Crippen LogP contribution in [0.3, 0.4) is 0 Å². The number of imidazole rings is 1. The minimum absolute atomic E-state index is 0.0876. The maximum atomic E-state index is 12.6. The van der Waals surface area contributed by atoms with E-state index in [0.29, 0.717) is 22.9 Å². The third kappa shape index (κ3) is 8.80. The highest BCUT2D eigenvalue weighted by Gasteiger charge is 2.30. The topological polar surface area (TPSA) is 50.9 Å². The zero-order valence-electron chi connectivity index (χ0n) is 42.7. The van der Waals surface area contributed by atoms with Crippen molar-refractivity contribution in [2.45, 2.75) is 123 Å². The molecule has 4 heteroatoms. The van der Waals surface area contributed by atoms with E-state index in [9.17, 15) is 5.11 Å². The highest BCUT2D eigenvalue weighted by Crippen LogP contribution is 2.46. The summed E-state index contributed by atoms with van der Waals surface area (Å²) >= 11 is 0. The Hall–Kier alpha value is -6.26. The first kappa shape index (κ1) is 40.3. The van der Waals surface area contributed by atoms with Crippen LogP contribution in [0, 0.1) is 6.85 Å². The van der Waals surface area contributed by atoms with Gasteiger partial charge in [0.25, 0.3) is 0 Å².